The summed E-state index contributed by atoms with van der Waals surface area (Å²) in [6.07, 6.45) is 0. The number of hydrogen-bond acceptors (Lipinski definition) is 6. The van der Waals surface area contributed by atoms with E-state index in [1.165, 1.54) is 36.6 Å². The van der Waals surface area contributed by atoms with Crippen LogP contribution < -0.4 is 15.2 Å². The third-order valence-electron chi connectivity index (χ3n) is 3.61. The first-order valence-corrected chi connectivity index (χ1v) is 9.87. The van der Waals surface area contributed by atoms with E-state index in [0.717, 1.165) is 4.88 Å². The molecule has 0 aliphatic rings. The van der Waals surface area contributed by atoms with Gasteiger partial charge in [0.05, 0.1) is 29.0 Å². The minimum Gasteiger partial charge on any atom is -0.496 e. The number of benzene rings is 1. The Morgan fingerprint density at radius 3 is 2.73 bits per heavy atom. The molecule has 1 aromatic carbocycles. The number of ether oxygens (including phenoxy) is 1. The molecule has 9 heteroatoms. The molecule has 0 unspecified atom stereocenters. The van der Waals surface area contributed by atoms with Crippen LogP contribution in [0.1, 0.15) is 16.1 Å². The molecule has 0 atom stereocenters. The third-order valence-corrected chi connectivity index (χ3v) is 5.89. The van der Waals surface area contributed by atoms with Crippen LogP contribution in [0.5, 0.6) is 5.75 Å². The Morgan fingerprint density at radius 2 is 2.08 bits per heavy atom. The number of primary amides is 1. The summed E-state index contributed by atoms with van der Waals surface area (Å²) < 4.78 is 38.0. The Kier molecular flexibility index (Phi) is 5.12. The smallest absolute Gasteiger partial charge is 0.252 e. The summed E-state index contributed by atoms with van der Waals surface area (Å²) in [6.45, 7) is -0.0222. The van der Waals surface area contributed by atoms with Crippen LogP contribution in [0.15, 0.2) is 57.2 Å². The van der Waals surface area contributed by atoms with Gasteiger partial charge in [-0.2, -0.15) is 0 Å². The Balaban J connectivity index is 1.77. The van der Waals surface area contributed by atoms with Gasteiger partial charge in [0.15, 0.2) is 0 Å². The van der Waals surface area contributed by atoms with Crippen LogP contribution in [-0.2, 0) is 16.6 Å². The fourth-order valence-electron chi connectivity index (χ4n) is 2.32. The molecule has 26 heavy (non-hydrogen) atoms. The largest absolute Gasteiger partial charge is 0.496 e. The van der Waals surface area contributed by atoms with Crippen molar-refractivity contribution in [1.29, 1.82) is 0 Å². The predicted molar refractivity (Wildman–Crippen MR) is 97.6 cm³/mol. The van der Waals surface area contributed by atoms with Gasteiger partial charge in [-0.05, 0) is 41.8 Å². The molecule has 0 aliphatic heterocycles. The number of nitrogens with one attached hydrogen (secondary N) is 1. The first kappa shape index (κ1) is 18.2. The fraction of sp³-hybridized carbons (Fsp3) is 0.118. The van der Waals surface area contributed by atoms with E-state index >= 15 is 0 Å². The fourth-order valence-corrected chi connectivity index (χ4v) is 4.03. The maximum atomic E-state index is 12.5. The third kappa shape index (κ3) is 3.79. The zero-order valence-corrected chi connectivity index (χ0v) is 15.4. The molecule has 0 fully saturated rings. The summed E-state index contributed by atoms with van der Waals surface area (Å²) in [7, 11) is -2.48. The van der Waals surface area contributed by atoms with E-state index in [9.17, 15) is 13.2 Å². The lowest BCUT2D eigenvalue weighted by molar-refractivity contribution is 0.0997. The molecule has 0 spiro atoms. The van der Waals surface area contributed by atoms with Gasteiger partial charge >= 0.3 is 0 Å². The molecular weight excluding hydrogens is 376 g/mol. The summed E-state index contributed by atoms with van der Waals surface area (Å²) in [5.74, 6) is 0.587. The predicted octanol–water partition coefficient (Wildman–Crippen LogP) is 2.59. The van der Waals surface area contributed by atoms with Crippen LogP contribution in [0, 0.1) is 0 Å². The summed E-state index contributed by atoms with van der Waals surface area (Å²) in [6, 6.07) is 11.2. The van der Waals surface area contributed by atoms with Crippen molar-refractivity contribution in [2.45, 2.75) is 11.4 Å². The van der Waals surface area contributed by atoms with Crippen molar-refractivity contribution in [3.05, 3.63) is 59.2 Å². The maximum Gasteiger partial charge on any atom is 0.252 e. The molecule has 1 amide bonds. The van der Waals surface area contributed by atoms with Gasteiger partial charge in [-0.1, -0.05) is 6.07 Å². The molecule has 0 saturated heterocycles. The maximum absolute atomic E-state index is 12.5. The zero-order valence-electron chi connectivity index (χ0n) is 13.8. The van der Waals surface area contributed by atoms with Crippen molar-refractivity contribution in [1.82, 2.24) is 4.72 Å². The van der Waals surface area contributed by atoms with Crippen molar-refractivity contribution < 1.29 is 22.4 Å². The van der Waals surface area contributed by atoms with E-state index in [4.69, 9.17) is 14.9 Å². The van der Waals surface area contributed by atoms with Crippen molar-refractivity contribution >= 4 is 27.3 Å². The molecule has 2 heterocycles. The van der Waals surface area contributed by atoms with E-state index < -0.39 is 15.9 Å². The van der Waals surface area contributed by atoms with E-state index in [1.807, 2.05) is 17.5 Å². The van der Waals surface area contributed by atoms with E-state index in [2.05, 4.69) is 4.72 Å². The lowest BCUT2D eigenvalue weighted by atomic mass is 10.2. The van der Waals surface area contributed by atoms with E-state index in [-0.39, 0.29) is 22.8 Å². The van der Waals surface area contributed by atoms with Gasteiger partial charge in [0.25, 0.3) is 5.91 Å². The van der Waals surface area contributed by atoms with Crippen LogP contribution >= 0.6 is 11.3 Å². The average Bonchev–Trinajstić information content (AvgIpc) is 3.30. The highest BCUT2D eigenvalue weighted by Gasteiger charge is 2.19. The Bertz CT molecular complexity index is 1020. The molecule has 0 bridgehead atoms. The molecule has 0 radical (unpaired) electrons. The highest BCUT2D eigenvalue weighted by Crippen LogP contribution is 2.27. The van der Waals surface area contributed by atoms with E-state index in [1.54, 1.807) is 12.1 Å². The number of hydrogen-bond donors (Lipinski definition) is 2. The summed E-state index contributed by atoms with van der Waals surface area (Å²) >= 11 is 1.53. The number of carbonyl (C=O) groups excluding carboxylic acids is 1. The summed E-state index contributed by atoms with van der Waals surface area (Å²) in [5.41, 5.74) is 5.26. The second kappa shape index (κ2) is 7.32. The standard InChI is InChI=1S/C17H16N2O5S2/c1-23-14-7-5-12(9-13(14)17(18)20)26(21,22)19-10-11-4-6-15(24-11)16-3-2-8-25-16/h2-9,19H,10H2,1H3,(H2,18,20). The molecule has 3 N–H and O–H groups in total. The lowest BCUT2D eigenvalue weighted by Gasteiger charge is -2.09. The first-order chi connectivity index (χ1) is 12.4. The number of methoxy groups -OCH3 is 1. The van der Waals surface area contributed by atoms with Crippen molar-refractivity contribution in [2.24, 2.45) is 5.73 Å². The quantitative estimate of drug-likeness (QED) is 0.642. The van der Waals surface area contributed by atoms with Gasteiger partial charge in [0, 0.05) is 0 Å². The molecule has 3 aromatic rings. The zero-order chi connectivity index (χ0) is 18.7. The lowest BCUT2D eigenvalue weighted by Crippen LogP contribution is -2.23. The van der Waals surface area contributed by atoms with Crippen molar-refractivity contribution in [3.8, 4) is 16.4 Å². The van der Waals surface area contributed by atoms with E-state index in [0.29, 0.717) is 11.5 Å². The Hall–Kier alpha value is -2.62. The number of sulfonamides is 1. The molecule has 0 aliphatic carbocycles. The van der Waals surface area contributed by atoms with Gasteiger partial charge in [-0.3, -0.25) is 4.79 Å². The Morgan fingerprint density at radius 1 is 1.27 bits per heavy atom. The van der Waals surface area contributed by atoms with Gasteiger partial charge in [0.1, 0.15) is 17.3 Å². The van der Waals surface area contributed by atoms with Gasteiger partial charge in [-0.25, -0.2) is 13.1 Å². The molecular formula is C17H16N2O5S2. The number of rotatable bonds is 7. The van der Waals surface area contributed by atoms with Crippen LogP contribution in [-0.4, -0.2) is 21.4 Å². The van der Waals surface area contributed by atoms with Crippen LogP contribution in [0.2, 0.25) is 0 Å². The second-order valence-corrected chi connectivity index (χ2v) is 8.01. The van der Waals surface area contributed by atoms with Crippen molar-refractivity contribution in [3.63, 3.8) is 0 Å². The molecule has 136 valence electrons. The van der Waals surface area contributed by atoms with Gasteiger partial charge in [-0.15, -0.1) is 11.3 Å². The van der Waals surface area contributed by atoms with Crippen LogP contribution in [0.4, 0.5) is 0 Å². The minimum absolute atomic E-state index is 0.00615. The monoisotopic (exact) mass is 392 g/mol. The number of nitrogens with two attached hydrogens (primary N) is 1. The van der Waals surface area contributed by atoms with Gasteiger partial charge in [0.2, 0.25) is 10.0 Å². The van der Waals surface area contributed by atoms with Crippen LogP contribution in [0.25, 0.3) is 10.6 Å². The Labute approximate surface area is 154 Å². The average molecular weight is 392 g/mol. The number of thiophene rings is 1. The topological polar surface area (TPSA) is 112 Å². The highest BCUT2D eigenvalue weighted by atomic mass is 32.2. The normalized spacial score (nSPS) is 11.4. The summed E-state index contributed by atoms with van der Waals surface area (Å²) in [5, 5.41) is 1.93. The molecule has 7 nitrogen and oxygen atoms in total. The number of furan rings is 1. The summed E-state index contributed by atoms with van der Waals surface area (Å²) in [4.78, 5) is 12.3. The number of carbonyl (C=O) groups is 1. The van der Waals surface area contributed by atoms with Crippen LogP contribution in [0.3, 0.4) is 0 Å². The molecule has 0 saturated carbocycles. The van der Waals surface area contributed by atoms with Gasteiger partial charge < -0.3 is 14.9 Å². The highest BCUT2D eigenvalue weighted by molar-refractivity contribution is 7.89. The SMILES string of the molecule is COc1ccc(S(=O)(=O)NCc2ccc(-c3cccs3)o2)cc1C(N)=O. The molecule has 3 rings (SSSR count). The van der Waals surface area contributed by atoms with Crippen molar-refractivity contribution in [2.75, 3.05) is 7.11 Å². The first-order valence-electron chi connectivity index (χ1n) is 7.51. The molecule has 2 aromatic heterocycles. The second-order valence-electron chi connectivity index (χ2n) is 5.29. The number of amides is 1. The minimum atomic E-state index is -3.85.